The van der Waals surface area contributed by atoms with E-state index >= 15 is 0 Å². The van der Waals surface area contributed by atoms with E-state index in [-0.39, 0.29) is 18.0 Å². The fourth-order valence-corrected chi connectivity index (χ4v) is 3.20. The minimum atomic E-state index is -4.03. The van der Waals surface area contributed by atoms with Crippen LogP contribution in [0.4, 0.5) is 10.1 Å². The molecule has 0 spiro atoms. The van der Waals surface area contributed by atoms with Crippen LogP contribution in [-0.2, 0) is 14.8 Å². The molecule has 21 heavy (non-hydrogen) atoms. The van der Waals surface area contributed by atoms with Gasteiger partial charge in [-0.1, -0.05) is 0 Å². The minimum Gasteiger partial charge on any atom is -0.393 e. The molecule has 1 aromatic carbocycles. The summed E-state index contributed by atoms with van der Waals surface area (Å²) in [5.74, 6) is -1.34. The van der Waals surface area contributed by atoms with Gasteiger partial charge in [0, 0.05) is 18.7 Å². The first kappa shape index (κ1) is 17.5. The lowest BCUT2D eigenvalue weighted by Gasteiger charge is -2.16. The van der Waals surface area contributed by atoms with E-state index in [4.69, 9.17) is 0 Å². The third-order valence-electron chi connectivity index (χ3n) is 2.59. The van der Waals surface area contributed by atoms with Crippen LogP contribution in [0.2, 0.25) is 0 Å². The second-order valence-electron chi connectivity index (χ2n) is 4.93. The zero-order valence-electron chi connectivity index (χ0n) is 12.1. The SMILES string of the molecule is CC(=O)Nc1ccc(S(=O)(=O)NC(C)CC(C)O)c(F)c1. The van der Waals surface area contributed by atoms with Crippen molar-refractivity contribution in [2.75, 3.05) is 5.32 Å². The lowest BCUT2D eigenvalue weighted by atomic mass is 10.2. The van der Waals surface area contributed by atoms with Crippen molar-refractivity contribution in [3.05, 3.63) is 24.0 Å². The fraction of sp³-hybridized carbons (Fsp3) is 0.462. The van der Waals surface area contributed by atoms with Crippen molar-refractivity contribution in [1.29, 1.82) is 0 Å². The molecule has 0 saturated heterocycles. The van der Waals surface area contributed by atoms with Crippen LogP contribution in [0.25, 0.3) is 0 Å². The molecule has 3 N–H and O–H groups in total. The number of hydrogen-bond acceptors (Lipinski definition) is 4. The minimum absolute atomic E-state index is 0.177. The molecule has 0 fully saturated rings. The number of rotatable bonds is 6. The van der Waals surface area contributed by atoms with Gasteiger partial charge >= 0.3 is 0 Å². The Kier molecular flexibility index (Phi) is 5.82. The van der Waals surface area contributed by atoms with Crippen LogP contribution in [0.1, 0.15) is 27.2 Å². The van der Waals surface area contributed by atoms with E-state index in [1.54, 1.807) is 6.92 Å². The van der Waals surface area contributed by atoms with Crippen LogP contribution in [0.15, 0.2) is 23.1 Å². The molecule has 0 heterocycles. The Balaban J connectivity index is 2.96. The Morgan fingerprint density at radius 1 is 1.38 bits per heavy atom. The topological polar surface area (TPSA) is 95.5 Å². The summed E-state index contributed by atoms with van der Waals surface area (Å²) in [5, 5.41) is 11.6. The quantitative estimate of drug-likeness (QED) is 0.735. The van der Waals surface area contributed by atoms with Crippen molar-refractivity contribution in [3.63, 3.8) is 0 Å². The molecule has 8 heteroatoms. The molecule has 0 radical (unpaired) electrons. The molecule has 1 rings (SSSR count). The fourth-order valence-electron chi connectivity index (χ4n) is 1.89. The van der Waals surface area contributed by atoms with E-state index in [1.165, 1.54) is 19.9 Å². The number of amides is 1. The van der Waals surface area contributed by atoms with Crippen LogP contribution in [0.3, 0.4) is 0 Å². The van der Waals surface area contributed by atoms with Crippen LogP contribution in [0, 0.1) is 5.82 Å². The number of sulfonamides is 1. The largest absolute Gasteiger partial charge is 0.393 e. The predicted octanol–water partition coefficient (Wildman–Crippen LogP) is 1.22. The molecule has 0 saturated carbocycles. The van der Waals surface area contributed by atoms with Gasteiger partial charge in [0.1, 0.15) is 10.7 Å². The Bertz CT molecular complexity index is 617. The maximum absolute atomic E-state index is 13.9. The van der Waals surface area contributed by atoms with Crippen molar-refractivity contribution in [1.82, 2.24) is 4.72 Å². The van der Waals surface area contributed by atoms with Gasteiger partial charge in [-0.25, -0.2) is 17.5 Å². The summed E-state index contributed by atoms with van der Waals surface area (Å²) >= 11 is 0. The molecule has 118 valence electrons. The standard InChI is InChI=1S/C13H19FN2O4S/c1-8(6-9(2)17)16-21(19,20)13-5-4-11(7-12(13)14)15-10(3)18/h4-5,7-9,16-17H,6H2,1-3H3,(H,15,18). The normalized spacial score (nSPS) is 14.5. The van der Waals surface area contributed by atoms with E-state index in [0.717, 1.165) is 12.1 Å². The lowest BCUT2D eigenvalue weighted by Crippen LogP contribution is -2.35. The smallest absolute Gasteiger partial charge is 0.243 e. The molecular weight excluding hydrogens is 299 g/mol. The number of benzene rings is 1. The van der Waals surface area contributed by atoms with Crippen molar-refractivity contribution in [3.8, 4) is 0 Å². The number of aliphatic hydroxyl groups excluding tert-OH is 1. The predicted molar refractivity (Wildman–Crippen MR) is 76.8 cm³/mol. The molecule has 2 unspecified atom stereocenters. The highest BCUT2D eigenvalue weighted by molar-refractivity contribution is 7.89. The van der Waals surface area contributed by atoms with Gasteiger partial charge in [-0.15, -0.1) is 0 Å². The number of halogens is 1. The van der Waals surface area contributed by atoms with Crippen molar-refractivity contribution < 1.29 is 22.7 Å². The van der Waals surface area contributed by atoms with E-state index in [9.17, 15) is 22.7 Å². The zero-order chi connectivity index (χ0) is 16.2. The van der Waals surface area contributed by atoms with E-state index in [0.29, 0.717) is 0 Å². The summed E-state index contributed by atoms with van der Waals surface area (Å²) in [6.45, 7) is 4.38. The monoisotopic (exact) mass is 318 g/mol. The summed E-state index contributed by atoms with van der Waals surface area (Å²) in [6, 6.07) is 2.79. The molecule has 2 atom stereocenters. The number of aliphatic hydroxyl groups is 1. The Morgan fingerprint density at radius 3 is 2.48 bits per heavy atom. The number of hydrogen-bond donors (Lipinski definition) is 3. The summed E-state index contributed by atoms with van der Waals surface area (Å²) in [5.41, 5.74) is 0.177. The number of carbonyl (C=O) groups excluding carboxylic acids is 1. The first-order chi connectivity index (χ1) is 9.61. The molecular formula is C13H19FN2O4S. The lowest BCUT2D eigenvalue weighted by molar-refractivity contribution is -0.114. The molecule has 6 nitrogen and oxygen atoms in total. The van der Waals surface area contributed by atoms with Gasteiger partial charge in [0.25, 0.3) is 0 Å². The third-order valence-corrected chi connectivity index (χ3v) is 4.22. The highest BCUT2D eigenvalue weighted by atomic mass is 32.2. The highest BCUT2D eigenvalue weighted by Crippen LogP contribution is 2.19. The van der Waals surface area contributed by atoms with Crippen molar-refractivity contribution in [2.45, 2.75) is 44.2 Å². The van der Waals surface area contributed by atoms with Crippen molar-refractivity contribution in [2.24, 2.45) is 0 Å². The highest BCUT2D eigenvalue weighted by Gasteiger charge is 2.22. The second-order valence-corrected chi connectivity index (χ2v) is 6.62. The van der Waals surface area contributed by atoms with Crippen LogP contribution in [0.5, 0.6) is 0 Å². The van der Waals surface area contributed by atoms with Crippen LogP contribution < -0.4 is 10.0 Å². The van der Waals surface area contributed by atoms with Crippen molar-refractivity contribution >= 4 is 21.6 Å². The maximum Gasteiger partial charge on any atom is 0.243 e. The first-order valence-electron chi connectivity index (χ1n) is 6.39. The molecule has 1 aromatic rings. The molecule has 0 aliphatic heterocycles. The van der Waals surface area contributed by atoms with E-state index < -0.39 is 32.9 Å². The van der Waals surface area contributed by atoms with Gasteiger partial charge in [0.2, 0.25) is 15.9 Å². The third kappa shape index (κ3) is 5.41. The van der Waals surface area contributed by atoms with Gasteiger partial charge < -0.3 is 10.4 Å². The molecule has 0 aliphatic rings. The molecule has 0 aliphatic carbocycles. The number of nitrogens with one attached hydrogen (secondary N) is 2. The van der Waals surface area contributed by atoms with Gasteiger partial charge in [0.15, 0.2) is 0 Å². The summed E-state index contributed by atoms with van der Waals surface area (Å²) < 4.78 is 40.3. The zero-order valence-corrected chi connectivity index (χ0v) is 12.9. The Hall–Kier alpha value is -1.51. The molecule has 1 amide bonds. The van der Waals surface area contributed by atoms with Gasteiger partial charge in [0.05, 0.1) is 6.10 Å². The average molecular weight is 318 g/mol. The first-order valence-corrected chi connectivity index (χ1v) is 7.87. The number of anilines is 1. The second kappa shape index (κ2) is 6.97. The summed E-state index contributed by atoms with van der Waals surface area (Å²) in [7, 11) is -4.03. The molecule has 0 bridgehead atoms. The van der Waals surface area contributed by atoms with E-state index in [2.05, 4.69) is 10.0 Å². The summed E-state index contributed by atoms with van der Waals surface area (Å²) in [4.78, 5) is 10.4. The summed E-state index contributed by atoms with van der Waals surface area (Å²) in [6.07, 6.45) is -0.458. The van der Waals surface area contributed by atoms with Crippen LogP contribution >= 0.6 is 0 Å². The number of carbonyl (C=O) groups is 1. The average Bonchev–Trinajstić information content (AvgIpc) is 2.24. The Labute approximate surface area is 123 Å². The Morgan fingerprint density at radius 2 is 2.00 bits per heavy atom. The van der Waals surface area contributed by atoms with Crippen LogP contribution in [-0.4, -0.2) is 31.6 Å². The van der Waals surface area contributed by atoms with Gasteiger partial charge in [-0.05, 0) is 38.5 Å². The molecule has 0 aromatic heterocycles. The maximum atomic E-state index is 13.9. The van der Waals surface area contributed by atoms with Gasteiger partial charge in [-0.2, -0.15) is 0 Å². The van der Waals surface area contributed by atoms with E-state index in [1.807, 2.05) is 0 Å². The van der Waals surface area contributed by atoms with Gasteiger partial charge in [-0.3, -0.25) is 4.79 Å².